The number of aromatic nitrogens is 1. The monoisotopic (exact) mass is 205 g/mol. The molecule has 0 spiro atoms. The van der Waals surface area contributed by atoms with E-state index in [1.54, 1.807) is 17.2 Å². The molecule has 1 aliphatic rings. The average Bonchev–Trinajstić information content (AvgIpc) is 2.15. The van der Waals surface area contributed by atoms with Crippen LogP contribution in [0.4, 0.5) is 5.69 Å². The summed E-state index contributed by atoms with van der Waals surface area (Å²) in [4.78, 5) is 17.7. The molecule has 2 N–H and O–H groups in total. The number of rotatable bonds is 2. The Morgan fingerprint density at radius 2 is 2.33 bits per heavy atom. The van der Waals surface area contributed by atoms with Crippen molar-refractivity contribution in [1.82, 2.24) is 9.88 Å². The molecule has 0 atom stereocenters. The first kappa shape index (κ1) is 9.96. The summed E-state index contributed by atoms with van der Waals surface area (Å²) in [6, 6.07) is 2.07. The van der Waals surface area contributed by atoms with Gasteiger partial charge in [0.2, 0.25) is 0 Å². The summed E-state index contributed by atoms with van der Waals surface area (Å²) in [5.74, 6) is -0.000370. The number of anilines is 1. The molecule has 0 radical (unpaired) electrons. The van der Waals surface area contributed by atoms with Gasteiger partial charge in [-0.15, -0.1) is 0 Å². The van der Waals surface area contributed by atoms with Crippen molar-refractivity contribution in [3.8, 4) is 0 Å². The van der Waals surface area contributed by atoms with Gasteiger partial charge in [-0.25, -0.2) is 0 Å². The van der Waals surface area contributed by atoms with E-state index < -0.39 is 0 Å². The van der Waals surface area contributed by atoms with Gasteiger partial charge in [0, 0.05) is 19.3 Å². The smallest absolute Gasteiger partial charge is 0.256 e. The molecule has 1 amide bonds. The van der Waals surface area contributed by atoms with Gasteiger partial charge >= 0.3 is 0 Å². The minimum atomic E-state index is -0.000370. The third kappa shape index (κ3) is 1.79. The number of carbonyl (C=O) groups excluding carboxylic acids is 1. The lowest BCUT2D eigenvalue weighted by Crippen LogP contribution is -2.41. The SMILES string of the molecule is CN(C(=O)c1ccncc1N)C1CCC1. The molecule has 1 heterocycles. The van der Waals surface area contributed by atoms with Crippen LogP contribution in [-0.2, 0) is 0 Å². The molecule has 1 fully saturated rings. The summed E-state index contributed by atoms with van der Waals surface area (Å²) in [6.07, 6.45) is 6.54. The molecule has 4 heteroatoms. The van der Waals surface area contributed by atoms with E-state index in [9.17, 15) is 4.79 Å². The molecular formula is C11H15N3O. The van der Waals surface area contributed by atoms with Gasteiger partial charge in [0.25, 0.3) is 5.91 Å². The quantitative estimate of drug-likeness (QED) is 0.791. The van der Waals surface area contributed by atoms with E-state index >= 15 is 0 Å². The lowest BCUT2D eigenvalue weighted by atomic mass is 9.91. The first-order valence-corrected chi connectivity index (χ1v) is 5.17. The Morgan fingerprint density at radius 1 is 1.60 bits per heavy atom. The number of hydrogen-bond donors (Lipinski definition) is 1. The average molecular weight is 205 g/mol. The van der Waals surface area contributed by atoms with E-state index in [1.165, 1.54) is 12.6 Å². The number of hydrogen-bond acceptors (Lipinski definition) is 3. The van der Waals surface area contributed by atoms with Gasteiger partial charge in [-0.2, -0.15) is 0 Å². The number of nitrogen functional groups attached to an aromatic ring is 1. The van der Waals surface area contributed by atoms with Crippen LogP contribution in [-0.4, -0.2) is 28.9 Å². The number of carbonyl (C=O) groups is 1. The molecule has 1 aliphatic carbocycles. The zero-order chi connectivity index (χ0) is 10.8. The molecule has 4 nitrogen and oxygen atoms in total. The molecule has 15 heavy (non-hydrogen) atoms. The van der Waals surface area contributed by atoms with Crippen molar-refractivity contribution in [1.29, 1.82) is 0 Å². The van der Waals surface area contributed by atoms with Gasteiger partial charge in [0.1, 0.15) is 0 Å². The zero-order valence-electron chi connectivity index (χ0n) is 8.81. The fraction of sp³-hybridized carbons (Fsp3) is 0.455. The largest absolute Gasteiger partial charge is 0.397 e. The minimum absolute atomic E-state index is 0.000370. The molecule has 0 bridgehead atoms. The maximum atomic E-state index is 12.0. The summed E-state index contributed by atoms with van der Waals surface area (Å²) in [6.45, 7) is 0. The lowest BCUT2D eigenvalue weighted by Gasteiger charge is -2.34. The molecule has 1 aromatic heterocycles. The van der Waals surface area contributed by atoms with E-state index in [2.05, 4.69) is 4.98 Å². The second kappa shape index (κ2) is 3.88. The van der Waals surface area contributed by atoms with Crippen LogP contribution in [0.25, 0.3) is 0 Å². The summed E-state index contributed by atoms with van der Waals surface area (Å²) < 4.78 is 0. The van der Waals surface area contributed by atoms with E-state index in [0.717, 1.165) is 12.8 Å². The molecule has 80 valence electrons. The van der Waals surface area contributed by atoms with Crippen LogP contribution in [0.1, 0.15) is 29.6 Å². The van der Waals surface area contributed by atoms with E-state index in [1.807, 2.05) is 7.05 Å². The highest BCUT2D eigenvalue weighted by Gasteiger charge is 2.26. The Labute approximate surface area is 89.1 Å². The van der Waals surface area contributed by atoms with Crippen LogP contribution in [0.3, 0.4) is 0 Å². The Balaban J connectivity index is 2.16. The Bertz CT molecular complexity index is 374. The van der Waals surface area contributed by atoms with Gasteiger partial charge in [-0.3, -0.25) is 9.78 Å². The first-order valence-electron chi connectivity index (χ1n) is 5.17. The molecule has 0 aliphatic heterocycles. The molecule has 0 unspecified atom stereocenters. The third-order valence-corrected chi connectivity index (χ3v) is 3.03. The Hall–Kier alpha value is -1.58. The van der Waals surface area contributed by atoms with Crippen molar-refractivity contribution in [2.24, 2.45) is 0 Å². The van der Waals surface area contributed by atoms with E-state index in [-0.39, 0.29) is 5.91 Å². The highest BCUT2D eigenvalue weighted by Crippen LogP contribution is 2.25. The lowest BCUT2D eigenvalue weighted by molar-refractivity contribution is 0.0653. The fourth-order valence-electron chi connectivity index (χ4n) is 1.73. The Morgan fingerprint density at radius 3 is 2.87 bits per heavy atom. The number of pyridine rings is 1. The Kier molecular flexibility index (Phi) is 2.58. The maximum Gasteiger partial charge on any atom is 0.256 e. The molecule has 1 saturated carbocycles. The molecule has 0 aromatic carbocycles. The van der Waals surface area contributed by atoms with Crippen LogP contribution in [0.5, 0.6) is 0 Å². The fourth-order valence-corrected chi connectivity index (χ4v) is 1.73. The van der Waals surface area contributed by atoms with Crippen LogP contribution in [0.15, 0.2) is 18.5 Å². The molecule has 0 saturated heterocycles. The van der Waals surface area contributed by atoms with Crippen molar-refractivity contribution in [3.05, 3.63) is 24.0 Å². The van der Waals surface area contributed by atoms with Gasteiger partial charge < -0.3 is 10.6 Å². The summed E-state index contributed by atoms with van der Waals surface area (Å²) >= 11 is 0. The van der Waals surface area contributed by atoms with Crippen LogP contribution >= 0.6 is 0 Å². The van der Waals surface area contributed by atoms with Crippen molar-refractivity contribution in [2.45, 2.75) is 25.3 Å². The normalized spacial score (nSPS) is 15.8. The number of nitrogens with zero attached hydrogens (tertiary/aromatic N) is 2. The second-order valence-corrected chi connectivity index (χ2v) is 3.96. The highest BCUT2D eigenvalue weighted by molar-refractivity contribution is 5.98. The van der Waals surface area contributed by atoms with Crippen molar-refractivity contribution < 1.29 is 4.79 Å². The summed E-state index contributed by atoms with van der Waals surface area (Å²) in [7, 11) is 1.84. The molecule has 2 rings (SSSR count). The summed E-state index contributed by atoms with van der Waals surface area (Å²) in [5.41, 5.74) is 6.72. The van der Waals surface area contributed by atoms with Crippen molar-refractivity contribution in [3.63, 3.8) is 0 Å². The third-order valence-electron chi connectivity index (χ3n) is 3.03. The van der Waals surface area contributed by atoms with E-state index in [0.29, 0.717) is 17.3 Å². The van der Waals surface area contributed by atoms with E-state index in [4.69, 9.17) is 5.73 Å². The predicted octanol–water partition coefficient (Wildman–Crippen LogP) is 1.29. The van der Waals surface area contributed by atoms with Crippen molar-refractivity contribution in [2.75, 3.05) is 12.8 Å². The van der Waals surface area contributed by atoms with Gasteiger partial charge in [0.15, 0.2) is 0 Å². The number of amides is 1. The minimum Gasteiger partial charge on any atom is -0.397 e. The van der Waals surface area contributed by atoms with Gasteiger partial charge in [0.05, 0.1) is 17.4 Å². The zero-order valence-corrected chi connectivity index (χ0v) is 8.81. The van der Waals surface area contributed by atoms with Crippen LogP contribution in [0.2, 0.25) is 0 Å². The van der Waals surface area contributed by atoms with Gasteiger partial charge in [-0.05, 0) is 25.3 Å². The van der Waals surface area contributed by atoms with Crippen LogP contribution in [0, 0.1) is 0 Å². The molecule has 1 aromatic rings. The maximum absolute atomic E-state index is 12.0. The molecular weight excluding hydrogens is 190 g/mol. The second-order valence-electron chi connectivity index (χ2n) is 3.96. The van der Waals surface area contributed by atoms with Crippen LogP contribution < -0.4 is 5.73 Å². The number of nitrogens with two attached hydrogens (primary N) is 1. The summed E-state index contributed by atoms with van der Waals surface area (Å²) in [5, 5.41) is 0. The topological polar surface area (TPSA) is 59.2 Å². The highest BCUT2D eigenvalue weighted by atomic mass is 16.2. The predicted molar refractivity (Wildman–Crippen MR) is 58.4 cm³/mol. The van der Waals surface area contributed by atoms with Gasteiger partial charge in [-0.1, -0.05) is 0 Å². The standard InChI is InChI=1S/C11H15N3O/c1-14(8-3-2-4-8)11(15)9-5-6-13-7-10(9)12/h5-8H,2-4,12H2,1H3. The first-order chi connectivity index (χ1) is 7.20. The van der Waals surface area contributed by atoms with Crippen molar-refractivity contribution >= 4 is 11.6 Å².